The molecule has 4 nitrogen and oxygen atoms in total. The van der Waals surface area contributed by atoms with Crippen LogP contribution in [0.1, 0.15) is 29.0 Å². The van der Waals surface area contributed by atoms with E-state index in [0.29, 0.717) is 6.54 Å². The van der Waals surface area contributed by atoms with Gasteiger partial charge in [0.25, 0.3) is 0 Å². The summed E-state index contributed by atoms with van der Waals surface area (Å²) in [6.45, 7) is 2.74. The summed E-state index contributed by atoms with van der Waals surface area (Å²) in [4.78, 5) is 11.0. The number of hydrogen-bond donors (Lipinski definition) is 2. The quantitative estimate of drug-likeness (QED) is 0.567. The smallest absolute Gasteiger partial charge is 0.307 e. The monoisotopic (exact) mass is 373 g/mol. The molecule has 0 aliphatic heterocycles. The molecule has 3 aromatic rings. The molecule has 1 saturated carbocycles. The number of rotatable bonds is 7. The highest BCUT2D eigenvalue weighted by molar-refractivity contribution is 5.75. The van der Waals surface area contributed by atoms with Gasteiger partial charge in [0.2, 0.25) is 0 Å². The largest absolute Gasteiger partial charge is 0.481 e. The number of benzene rings is 3. The lowest BCUT2D eigenvalue weighted by atomic mass is 10.1. The van der Waals surface area contributed by atoms with Crippen LogP contribution in [-0.2, 0) is 11.3 Å². The van der Waals surface area contributed by atoms with Gasteiger partial charge in [0.05, 0.1) is 5.92 Å². The Balaban J connectivity index is 1.34. The van der Waals surface area contributed by atoms with Crippen molar-refractivity contribution in [3.63, 3.8) is 0 Å². The number of hydrogen-bond acceptors (Lipinski definition) is 3. The fraction of sp³-hybridized carbons (Fsp3) is 0.208. The van der Waals surface area contributed by atoms with Gasteiger partial charge in [0, 0.05) is 12.2 Å². The molecule has 0 heterocycles. The molecule has 1 aliphatic carbocycles. The topological polar surface area (TPSA) is 58.6 Å². The molecule has 0 bridgehead atoms. The zero-order valence-corrected chi connectivity index (χ0v) is 15.8. The maximum atomic E-state index is 11.0. The van der Waals surface area contributed by atoms with Crippen molar-refractivity contribution in [2.45, 2.75) is 25.8 Å². The Hall–Kier alpha value is -3.27. The number of aliphatic carboxylic acids is 1. The molecular weight excluding hydrogens is 350 g/mol. The standard InChI is InChI=1S/C24H23NO3/c1-16-5-11-20(12-6-16)28-21-4-2-3-17(13-21)15-25-19-9-7-18(8-10-19)22-14-23(22)24(26)27/h2-13,22-23,25H,14-15H2,1H3,(H,26,27). The van der Waals surface area contributed by atoms with Crippen molar-refractivity contribution in [1.29, 1.82) is 0 Å². The first-order valence-electron chi connectivity index (χ1n) is 9.48. The van der Waals surface area contributed by atoms with E-state index in [1.165, 1.54) is 5.56 Å². The molecule has 0 saturated heterocycles. The van der Waals surface area contributed by atoms with E-state index in [1.807, 2.05) is 66.7 Å². The van der Waals surface area contributed by atoms with Gasteiger partial charge in [-0.1, -0.05) is 42.0 Å². The number of anilines is 1. The second-order valence-electron chi connectivity index (χ2n) is 7.33. The Bertz CT molecular complexity index is 964. The van der Waals surface area contributed by atoms with Crippen LogP contribution in [0.4, 0.5) is 5.69 Å². The molecule has 28 heavy (non-hydrogen) atoms. The van der Waals surface area contributed by atoms with Gasteiger partial charge in [0.15, 0.2) is 0 Å². The van der Waals surface area contributed by atoms with Crippen LogP contribution in [-0.4, -0.2) is 11.1 Å². The SMILES string of the molecule is Cc1ccc(Oc2cccc(CNc3ccc(C4CC4C(=O)O)cc3)c2)cc1. The molecule has 1 fully saturated rings. The number of ether oxygens (including phenoxy) is 1. The molecule has 0 spiro atoms. The Morgan fingerprint density at radius 3 is 2.46 bits per heavy atom. The van der Waals surface area contributed by atoms with Crippen molar-refractivity contribution >= 4 is 11.7 Å². The minimum atomic E-state index is -0.695. The van der Waals surface area contributed by atoms with Gasteiger partial charge in [-0.2, -0.15) is 0 Å². The first-order chi connectivity index (χ1) is 13.6. The number of carboxylic acid groups (broad SMARTS) is 1. The molecule has 1 aliphatic rings. The molecule has 0 aromatic heterocycles. The Morgan fingerprint density at radius 2 is 1.79 bits per heavy atom. The molecule has 2 atom stereocenters. The number of aryl methyl sites for hydroxylation is 1. The van der Waals surface area contributed by atoms with Gasteiger partial charge in [-0.15, -0.1) is 0 Å². The first-order valence-corrected chi connectivity index (χ1v) is 9.48. The van der Waals surface area contributed by atoms with E-state index in [-0.39, 0.29) is 11.8 Å². The lowest BCUT2D eigenvalue weighted by molar-refractivity contribution is -0.138. The van der Waals surface area contributed by atoms with Crippen LogP contribution in [0, 0.1) is 12.8 Å². The van der Waals surface area contributed by atoms with Crippen LogP contribution in [0.5, 0.6) is 11.5 Å². The second kappa shape index (κ2) is 7.77. The lowest BCUT2D eigenvalue weighted by Gasteiger charge is -2.10. The average molecular weight is 373 g/mol. The molecule has 4 heteroatoms. The maximum Gasteiger partial charge on any atom is 0.307 e. The molecule has 0 radical (unpaired) electrons. The predicted octanol–water partition coefficient (Wildman–Crippen LogP) is 5.59. The Morgan fingerprint density at radius 1 is 1.04 bits per heavy atom. The Kier molecular flexibility index (Phi) is 5.02. The molecule has 4 rings (SSSR count). The van der Waals surface area contributed by atoms with Crippen LogP contribution in [0.3, 0.4) is 0 Å². The summed E-state index contributed by atoms with van der Waals surface area (Å²) in [7, 11) is 0. The molecule has 2 N–H and O–H groups in total. The van der Waals surface area contributed by atoms with Crippen LogP contribution in [0.2, 0.25) is 0 Å². The van der Waals surface area contributed by atoms with Crippen molar-refractivity contribution in [2.24, 2.45) is 5.92 Å². The summed E-state index contributed by atoms with van der Waals surface area (Å²) in [5.74, 6) is 0.898. The van der Waals surface area contributed by atoms with Crippen LogP contribution < -0.4 is 10.1 Å². The average Bonchev–Trinajstić information content (AvgIpc) is 3.50. The fourth-order valence-electron chi connectivity index (χ4n) is 3.35. The summed E-state index contributed by atoms with van der Waals surface area (Å²) in [6, 6.07) is 24.1. The van der Waals surface area contributed by atoms with Gasteiger partial charge in [-0.05, 0) is 66.8 Å². The zero-order valence-electron chi connectivity index (χ0n) is 15.8. The van der Waals surface area contributed by atoms with Gasteiger partial charge in [-0.25, -0.2) is 0 Å². The van der Waals surface area contributed by atoms with Crippen molar-refractivity contribution < 1.29 is 14.6 Å². The highest BCUT2D eigenvalue weighted by Gasteiger charge is 2.43. The van der Waals surface area contributed by atoms with E-state index in [4.69, 9.17) is 9.84 Å². The van der Waals surface area contributed by atoms with E-state index in [1.54, 1.807) is 0 Å². The normalized spacial score (nSPS) is 17.8. The molecule has 2 unspecified atom stereocenters. The minimum absolute atomic E-state index is 0.169. The summed E-state index contributed by atoms with van der Waals surface area (Å²) in [5, 5.41) is 12.5. The molecule has 3 aromatic carbocycles. The van der Waals surface area contributed by atoms with Crippen LogP contribution in [0.25, 0.3) is 0 Å². The van der Waals surface area contributed by atoms with Crippen LogP contribution in [0.15, 0.2) is 72.8 Å². The minimum Gasteiger partial charge on any atom is -0.481 e. The summed E-state index contributed by atoms with van der Waals surface area (Å²) < 4.78 is 5.93. The lowest BCUT2D eigenvalue weighted by Crippen LogP contribution is -2.00. The molecule has 142 valence electrons. The summed E-state index contributed by atoms with van der Waals surface area (Å²) in [5.41, 5.74) is 4.45. The zero-order chi connectivity index (χ0) is 19.5. The molecular formula is C24H23NO3. The third-order valence-corrected chi connectivity index (χ3v) is 5.10. The van der Waals surface area contributed by atoms with Gasteiger partial charge >= 0.3 is 5.97 Å². The number of nitrogens with one attached hydrogen (secondary N) is 1. The van der Waals surface area contributed by atoms with Crippen LogP contribution >= 0.6 is 0 Å². The third kappa shape index (κ3) is 4.34. The highest BCUT2D eigenvalue weighted by atomic mass is 16.5. The number of carbonyl (C=O) groups is 1. The Labute approximate surface area is 164 Å². The van der Waals surface area contributed by atoms with E-state index < -0.39 is 5.97 Å². The molecule has 0 amide bonds. The predicted molar refractivity (Wildman–Crippen MR) is 110 cm³/mol. The van der Waals surface area contributed by atoms with Crippen molar-refractivity contribution in [1.82, 2.24) is 0 Å². The van der Waals surface area contributed by atoms with E-state index in [9.17, 15) is 4.79 Å². The van der Waals surface area contributed by atoms with Gasteiger partial charge in [-0.3, -0.25) is 4.79 Å². The van der Waals surface area contributed by atoms with Gasteiger partial charge < -0.3 is 15.2 Å². The van der Waals surface area contributed by atoms with E-state index >= 15 is 0 Å². The highest BCUT2D eigenvalue weighted by Crippen LogP contribution is 2.47. The van der Waals surface area contributed by atoms with Gasteiger partial charge in [0.1, 0.15) is 11.5 Å². The second-order valence-corrected chi connectivity index (χ2v) is 7.33. The fourth-order valence-corrected chi connectivity index (χ4v) is 3.35. The van der Waals surface area contributed by atoms with Crippen molar-refractivity contribution in [2.75, 3.05) is 5.32 Å². The first kappa shape index (κ1) is 18.1. The van der Waals surface area contributed by atoms with Crippen molar-refractivity contribution in [3.05, 3.63) is 89.5 Å². The maximum absolute atomic E-state index is 11.0. The summed E-state index contributed by atoms with van der Waals surface area (Å²) in [6.07, 6.45) is 0.746. The number of carboxylic acids is 1. The third-order valence-electron chi connectivity index (χ3n) is 5.10. The van der Waals surface area contributed by atoms with E-state index in [0.717, 1.165) is 34.7 Å². The summed E-state index contributed by atoms with van der Waals surface area (Å²) >= 11 is 0. The van der Waals surface area contributed by atoms with E-state index in [2.05, 4.69) is 18.3 Å². The van der Waals surface area contributed by atoms with Crippen molar-refractivity contribution in [3.8, 4) is 11.5 Å².